The first-order valence-electron chi connectivity index (χ1n) is 24.5. The first kappa shape index (κ1) is 49.9. The van der Waals surface area contributed by atoms with Crippen molar-refractivity contribution >= 4 is 54.6 Å². The van der Waals surface area contributed by atoms with Crippen LogP contribution in [0.5, 0.6) is 11.6 Å². The number of fused-ring (bicyclic) bond motifs is 5. The second-order valence-corrected chi connectivity index (χ2v) is 26.2. The van der Waals surface area contributed by atoms with Crippen molar-refractivity contribution in [1.82, 2.24) is 30.1 Å². The van der Waals surface area contributed by atoms with Crippen LogP contribution in [0.25, 0.3) is 10.9 Å². The van der Waals surface area contributed by atoms with Crippen molar-refractivity contribution in [2.75, 3.05) is 44.3 Å². The Kier molecular flexibility index (Phi) is 14.0. The molecule has 374 valence electrons. The standard InChI is InChI=1S/C49H70N6O11S2/c1-8-33-28-49(33,45(58)53-68(62,63)48(7)17-18-48)52-42(56)38-27-34-29-55(38)44(57)41(47(4,5)6)51-46(59)66-39-26-32(39)13-10-9-11-14-36-40(64-22-12-19-54-20-23-67(60,61)24-21-54)35-16-15-31(30(2)3)25-37(35)50-43(36)65-34/h8,15-16,25,30,32-34,38-39,41H,1,9-14,17-24,26-29H2,2-7H3,(H,51,59)(H,52,56)(H,53,58)/t32-,33-,34-,38+,39-,41-,49-/m1/s1. The third kappa shape index (κ3) is 10.8. The summed E-state index contributed by atoms with van der Waals surface area (Å²) in [5.74, 6) is -0.965. The zero-order valence-corrected chi connectivity index (χ0v) is 42.1. The van der Waals surface area contributed by atoms with Crippen molar-refractivity contribution in [3.05, 3.63) is 42.0 Å². The Hall–Kier alpha value is -4.49. The molecule has 4 amide bonds. The van der Waals surface area contributed by atoms with Gasteiger partial charge in [0.2, 0.25) is 27.7 Å². The van der Waals surface area contributed by atoms with Crippen LogP contribution in [0.2, 0.25) is 0 Å². The normalized spacial score (nSPS) is 29.5. The Labute approximate surface area is 401 Å². The molecule has 2 bridgehead atoms. The minimum Gasteiger partial charge on any atom is -0.492 e. The lowest BCUT2D eigenvalue weighted by molar-refractivity contribution is -0.142. The van der Waals surface area contributed by atoms with E-state index in [1.807, 2.05) is 32.9 Å². The molecule has 5 fully saturated rings. The van der Waals surface area contributed by atoms with Gasteiger partial charge in [-0.05, 0) is 93.2 Å². The lowest BCUT2D eigenvalue weighted by Gasteiger charge is -2.35. The number of sulfonamides is 1. The Morgan fingerprint density at radius 1 is 1.09 bits per heavy atom. The van der Waals surface area contributed by atoms with Gasteiger partial charge in [-0.15, -0.1) is 6.58 Å². The van der Waals surface area contributed by atoms with Crippen molar-refractivity contribution in [2.24, 2.45) is 17.3 Å². The van der Waals surface area contributed by atoms with E-state index in [0.29, 0.717) is 69.1 Å². The molecule has 17 nitrogen and oxygen atoms in total. The molecule has 0 unspecified atom stereocenters. The highest BCUT2D eigenvalue weighted by Crippen LogP contribution is 2.48. The van der Waals surface area contributed by atoms with Crippen molar-refractivity contribution in [1.29, 1.82) is 0 Å². The number of carbonyl (C=O) groups is 4. The Bertz CT molecular complexity index is 2530. The largest absolute Gasteiger partial charge is 0.492 e. The maximum atomic E-state index is 15.0. The summed E-state index contributed by atoms with van der Waals surface area (Å²) in [5.41, 5.74) is 0.0561. The molecule has 19 heteroatoms. The van der Waals surface area contributed by atoms with Gasteiger partial charge < -0.3 is 34.6 Å². The molecule has 0 spiro atoms. The van der Waals surface area contributed by atoms with Gasteiger partial charge in [-0.3, -0.25) is 19.1 Å². The van der Waals surface area contributed by atoms with Crippen LogP contribution in [0.15, 0.2) is 30.9 Å². The molecule has 3 aliphatic heterocycles. The number of carbonyl (C=O) groups excluding carboxylic acids is 4. The number of ether oxygens (including phenoxy) is 3. The first-order chi connectivity index (χ1) is 32.0. The summed E-state index contributed by atoms with van der Waals surface area (Å²) in [7, 11) is -7.05. The van der Waals surface area contributed by atoms with E-state index in [1.165, 1.54) is 11.0 Å². The van der Waals surface area contributed by atoms with Crippen LogP contribution in [0.3, 0.4) is 0 Å². The summed E-state index contributed by atoms with van der Waals surface area (Å²) in [4.78, 5) is 65.8. The summed E-state index contributed by atoms with van der Waals surface area (Å²) >= 11 is 0. The second kappa shape index (κ2) is 19.0. The quantitative estimate of drug-likeness (QED) is 0.191. The fraction of sp³-hybridized carbons (Fsp3) is 0.694. The van der Waals surface area contributed by atoms with Gasteiger partial charge in [0.15, 0.2) is 9.84 Å². The topological polar surface area (TPSA) is 220 Å². The molecule has 6 aliphatic rings. The number of pyridine rings is 1. The molecule has 68 heavy (non-hydrogen) atoms. The molecule has 3 N–H and O–H groups in total. The van der Waals surface area contributed by atoms with Crippen LogP contribution in [0.1, 0.15) is 123 Å². The van der Waals surface area contributed by atoms with Gasteiger partial charge in [-0.1, -0.05) is 59.6 Å². The predicted molar refractivity (Wildman–Crippen MR) is 256 cm³/mol. The Balaban J connectivity index is 1.13. The SMILES string of the molecule is C=C[C@@H]1C[C@]1(NC(=O)[C@@H]1C[C@@H]2CN1C(=O)[C@H](C(C)(C)C)NC(=O)O[C@@H]1C[C@H]1CCCCCc1c(nc3cc(C(C)C)ccc3c1OCCCN1CCS(=O)(=O)CC1)O2)C(=O)NS(=O)(=O)C1(C)CC1. The van der Waals surface area contributed by atoms with E-state index >= 15 is 0 Å². The van der Waals surface area contributed by atoms with Crippen molar-refractivity contribution < 1.29 is 50.2 Å². The minimum absolute atomic E-state index is 0.0115. The zero-order chi connectivity index (χ0) is 49.0. The molecule has 0 radical (unpaired) electrons. The summed E-state index contributed by atoms with van der Waals surface area (Å²) in [5, 5.41) is 6.52. The van der Waals surface area contributed by atoms with E-state index < -0.39 is 83.5 Å². The first-order valence-corrected chi connectivity index (χ1v) is 27.8. The number of nitrogens with zero attached hydrogens (tertiary/aromatic N) is 3. The lowest BCUT2D eigenvalue weighted by atomic mass is 9.85. The van der Waals surface area contributed by atoms with Gasteiger partial charge in [0.05, 0.1) is 40.5 Å². The highest BCUT2D eigenvalue weighted by Gasteiger charge is 2.63. The smallest absolute Gasteiger partial charge is 0.408 e. The highest BCUT2D eigenvalue weighted by molar-refractivity contribution is 7.91. The number of rotatable bonds is 12. The summed E-state index contributed by atoms with van der Waals surface area (Å²) < 4.78 is 71.3. The van der Waals surface area contributed by atoms with Crippen molar-refractivity contribution in [3.63, 3.8) is 0 Å². The zero-order valence-electron chi connectivity index (χ0n) is 40.4. The number of nitrogens with one attached hydrogen (secondary N) is 3. The van der Waals surface area contributed by atoms with Gasteiger partial charge >= 0.3 is 6.09 Å². The predicted octanol–water partition coefficient (Wildman–Crippen LogP) is 4.91. The third-order valence-electron chi connectivity index (χ3n) is 15.0. The average molecular weight is 983 g/mol. The summed E-state index contributed by atoms with van der Waals surface area (Å²) in [6.45, 7) is 17.0. The van der Waals surface area contributed by atoms with Crippen molar-refractivity contribution in [3.8, 4) is 11.6 Å². The van der Waals surface area contributed by atoms with Crippen LogP contribution in [-0.4, -0.2) is 134 Å². The maximum absolute atomic E-state index is 15.0. The molecule has 4 heterocycles. The van der Waals surface area contributed by atoms with Crippen LogP contribution in [-0.2, 0) is 45.4 Å². The molecule has 3 saturated carbocycles. The number of hydrogen-bond acceptors (Lipinski definition) is 13. The van der Waals surface area contributed by atoms with E-state index in [9.17, 15) is 36.0 Å². The Morgan fingerprint density at radius 3 is 2.49 bits per heavy atom. The van der Waals surface area contributed by atoms with E-state index in [-0.39, 0.29) is 48.8 Å². The summed E-state index contributed by atoms with van der Waals surface area (Å²) in [6, 6.07) is 3.83. The Morgan fingerprint density at radius 2 is 1.82 bits per heavy atom. The maximum Gasteiger partial charge on any atom is 0.408 e. The highest BCUT2D eigenvalue weighted by atomic mass is 32.2. The van der Waals surface area contributed by atoms with Gasteiger partial charge in [0.25, 0.3) is 5.91 Å². The van der Waals surface area contributed by atoms with E-state index in [4.69, 9.17) is 19.2 Å². The molecule has 2 saturated heterocycles. The number of amides is 4. The number of benzene rings is 1. The van der Waals surface area contributed by atoms with Gasteiger partial charge in [-0.25, -0.2) is 26.6 Å². The molecular formula is C49H70N6O11S2. The van der Waals surface area contributed by atoms with Crippen LogP contribution < -0.4 is 24.8 Å². The lowest BCUT2D eigenvalue weighted by Crippen LogP contribution is -2.60. The van der Waals surface area contributed by atoms with Crippen LogP contribution >= 0.6 is 0 Å². The summed E-state index contributed by atoms with van der Waals surface area (Å²) in [6.07, 6.45) is 6.08. The fourth-order valence-corrected chi connectivity index (χ4v) is 12.4. The molecule has 1 aromatic heterocycles. The second-order valence-electron chi connectivity index (χ2n) is 21.7. The van der Waals surface area contributed by atoms with E-state index in [2.05, 4.69) is 46.7 Å². The van der Waals surface area contributed by atoms with Gasteiger partial charge in [0.1, 0.15) is 35.6 Å². The monoisotopic (exact) mass is 982 g/mol. The number of sulfone groups is 1. The van der Waals surface area contributed by atoms with E-state index in [0.717, 1.165) is 48.6 Å². The number of alkyl carbamates (subject to hydrolysis) is 1. The fourth-order valence-electron chi connectivity index (χ4n) is 9.86. The number of hydrogen-bond donors (Lipinski definition) is 3. The molecule has 8 rings (SSSR count). The molecule has 7 atom stereocenters. The molecule has 1 aromatic carbocycles. The molecule has 3 aliphatic carbocycles. The minimum atomic E-state index is -4.04. The van der Waals surface area contributed by atoms with E-state index in [1.54, 1.807) is 6.92 Å². The number of aromatic nitrogens is 1. The molecule has 2 aromatic rings. The van der Waals surface area contributed by atoms with Crippen LogP contribution in [0, 0.1) is 17.3 Å². The molecular weight excluding hydrogens is 913 g/mol. The van der Waals surface area contributed by atoms with Gasteiger partial charge in [0, 0.05) is 37.4 Å². The third-order valence-corrected chi connectivity index (χ3v) is 18.8. The van der Waals surface area contributed by atoms with Gasteiger partial charge in [-0.2, -0.15) is 0 Å². The average Bonchev–Trinajstić information content (AvgIpc) is 4.23. The van der Waals surface area contributed by atoms with Crippen LogP contribution in [0.4, 0.5) is 4.79 Å². The van der Waals surface area contributed by atoms with Crippen molar-refractivity contribution in [2.45, 2.75) is 153 Å².